The van der Waals surface area contributed by atoms with Gasteiger partial charge >= 0.3 is 0 Å². The zero-order valence-electron chi connectivity index (χ0n) is 9.91. The second-order valence-corrected chi connectivity index (χ2v) is 4.62. The van der Waals surface area contributed by atoms with E-state index in [1.165, 1.54) is 45.3 Å². The van der Waals surface area contributed by atoms with Gasteiger partial charge in [0.15, 0.2) is 5.96 Å². The maximum absolute atomic E-state index is 5.67. The third-order valence-electron chi connectivity index (χ3n) is 3.16. The molecule has 0 spiro atoms. The van der Waals surface area contributed by atoms with E-state index in [1.807, 2.05) is 0 Å². The Morgan fingerprint density at radius 2 is 2.19 bits per heavy atom. The van der Waals surface area contributed by atoms with Crippen LogP contribution in [0.4, 0.5) is 0 Å². The first-order chi connectivity index (χ1) is 7.84. The molecule has 0 bridgehead atoms. The highest BCUT2D eigenvalue weighted by atomic mass is 15.3. The predicted molar refractivity (Wildman–Crippen MR) is 66.3 cm³/mol. The number of hydrogen-bond donors (Lipinski definition) is 3. The molecule has 0 aliphatic carbocycles. The Balaban J connectivity index is 1.51. The van der Waals surface area contributed by atoms with E-state index in [0.29, 0.717) is 6.54 Å². The quantitative estimate of drug-likeness (QED) is 0.575. The molecule has 0 aromatic heterocycles. The van der Waals surface area contributed by atoms with Crippen LogP contribution in [0.3, 0.4) is 0 Å². The molecule has 16 heavy (non-hydrogen) atoms. The molecule has 2 aliphatic heterocycles. The van der Waals surface area contributed by atoms with Crippen molar-refractivity contribution in [3.63, 3.8) is 0 Å². The normalized spacial score (nSPS) is 26.3. The van der Waals surface area contributed by atoms with Gasteiger partial charge in [0.05, 0.1) is 12.7 Å². The molecule has 0 radical (unpaired) electrons. The molecule has 1 fully saturated rings. The summed E-state index contributed by atoms with van der Waals surface area (Å²) in [4.78, 5) is 6.81. The lowest BCUT2D eigenvalue weighted by atomic mass is 10.1. The summed E-state index contributed by atoms with van der Waals surface area (Å²) in [6.07, 6.45) is 5.33. The number of piperidine rings is 1. The number of likely N-dealkylation sites (tertiary alicyclic amines) is 1. The largest absolute Gasteiger partial charge is 0.356 e. The van der Waals surface area contributed by atoms with Crippen LogP contribution in [0, 0.1) is 0 Å². The van der Waals surface area contributed by atoms with E-state index >= 15 is 0 Å². The van der Waals surface area contributed by atoms with Gasteiger partial charge < -0.3 is 21.3 Å². The third-order valence-corrected chi connectivity index (χ3v) is 3.16. The first kappa shape index (κ1) is 11.7. The van der Waals surface area contributed by atoms with E-state index < -0.39 is 0 Å². The van der Waals surface area contributed by atoms with Crippen LogP contribution in [0.1, 0.15) is 25.7 Å². The van der Waals surface area contributed by atoms with E-state index in [4.69, 9.17) is 5.73 Å². The fraction of sp³-hybridized carbons (Fsp3) is 0.909. The summed E-state index contributed by atoms with van der Waals surface area (Å²) in [5, 5.41) is 6.38. The van der Waals surface area contributed by atoms with Gasteiger partial charge in [-0.3, -0.25) is 0 Å². The minimum Gasteiger partial charge on any atom is -0.356 e. The monoisotopic (exact) mass is 225 g/mol. The molecule has 5 heteroatoms. The van der Waals surface area contributed by atoms with Crippen molar-refractivity contribution in [2.24, 2.45) is 10.7 Å². The molecule has 1 unspecified atom stereocenters. The van der Waals surface area contributed by atoms with E-state index in [9.17, 15) is 0 Å². The minimum absolute atomic E-state index is 0.00425. The molecule has 1 saturated heterocycles. The lowest BCUT2D eigenvalue weighted by Gasteiger charge is -2.26. The van der Waals surface area contributed by atoms with Crippen molar-refractivity contribution in [1.29, 1.82) is 0 Å². The average molecular weight is 225 g/mol. The lowest BCUT2D eigenvalue weighted by molar-refractivity contribution is 0.227. The number of hydrogen-bond acceptors (Lipinski definition) is 5. The molecule has 2 aliphatic rings. The van der Waals surface area contributed by atoms with E-state index in [1.54, 1.807) is 0 Å². The molecule has 0 aromatic rings. The van der Waals surface area contributed by atoms with E-state index in [0.717, 1.165) is 12.5 Å². The van der Waals surface area contributed by atoms with Gasteiger partial charge in [-0.1, -0.05) is 6.42 Å². The maximum atomic E-state index is 5.67. The maximum Gasteiger partial charge on any atom is 0.192 e. The molecule has 2 rings (SSSR count). The smallest absolute Gasteiger partial charge is 0.192 e. The zero-order valence-corrected chi connectivity index (χ0v) is 9.91. The van der Waals surface area contributed by atoms with Crippen LogP contribution < -0.4 is 16.4 Å². The topological polar surface area (TPSA) is 65.7 Å². The number of guanidine groups is 1. The summed E-state index contributed by atoms with van der Waals surface area (Å²) in [6.45, 7) is 5.43. The molecule has 5 nitrogen and oxygen atoms in total. The van der Waals surface area contributed by atoms with Crippen molar-refractivity contribution in [3.8, 4) is 0 Å². The van der Waals surface area contributed by atoms with Gasteiger partial charge in [-0.25, -0.2) is 4.99 Å². The van der Waals surface area contributed by atoms with Crippen LogP contribution in [0.2, 0.25) is 0 Å². The second kappa shape index (κ2) is 6.06. The summed E-state index contributed by atoms with van der Waals surface area (Å²) in [5.74, 6) is 0.867. The number of rotatable bonds is 4. The SMILES string of the molecule is NC1CN=C(NCCCN2CCCCC2)N1. The summed E-state index contributed by atoms with van der Waals surface area (Å²) in [6, 6.07) is 0. The Morgan fingerprint density at radius 1 is 1.38 bits per heavy atom. The Labute approximate surface area is 97.5 Å². The Bertz CT molecular complexity index is 235. The lowest BCUT2D eigenvalue weighted by Crippen LogP contribution is -2.44. The number of nitrogens with zero attached hydrogens (tertiary/aromatic N) is 2. The Kier molecular flexibility index (Phi) is 4.42. The molecular formula is C11H23N5. The van der Waals surface area contributed by atoms with Crippen molar-refractivity contribution in [2.75, 3.05) is 32.7 Å². The molecule has 0 saturated carbocycles. The summed E-state index contributed by atoms with van der Waals surface area (Å²) >= 11 is 0. The Hall–Kier alpha value is -0.810. The van der Waals surface area contributed by atoms with Crippen molar-refractivity contribution >= 4 is 5.96 Å². The van der Waals surface area contributed by atoms with Gasteiger partial charge in [0, 0.05) is 6.54 Å². The van der Waals surface area contributed by atoms with Crippen LogP contribution in [0.5, 0.6) is 0 Å². The van der Waals surface area contributed by atoms with Gasteiger partial charge in [-0.2, -0.15) is 0 Å². The molecule has 0 aromatic carbocycles. The summed E-state index contributed by atoms with van der Waals surface area (Å²) in [7, 11) is 0. The van der Waals surface area contributed by atoms with Crippen LogP contribution in [0.25, 0.3) is 0 Å². The van der Waals surface area contributed by atoms with Crippen molar-refractivity contribution < 1.29 is 0 Å². The van der Waals surface area contributed by atoms with Crippen molar-refractivity contribution in [2.45, 2.75) is 31.8 Å². The van der Waals surface area contributed by atoms with Gasteiger partial charge in [0.25, 0.3) is 0 Å². The second-order valence-electron chi connectivity index (χ2n) is 4.62. The van der Waals surface area contributed by atoms with Crippen molar-refractivity contribution in [1.82, 2.24) is 15.5 Å². The predicted octanol–water partition coefficient (Wildman–Crippen LogP) is -0.304. The third kappa shape index (κ3) is 3.64. The molecule has 0 amide bonds. The Morgan fingerprint density at radius 3 is 2.88 bits per heavy atom. The van der Waals surface area contributed by atoms with Gasteiger partial charge in [0.2, 0.25) is 0 Å². The number of aliphatic imine (C=N–C) groups is 1. The van der Waals surface area contributed by atoms with Gasteiger partial charge in [-0.15, -0.1) is 0 Å². The molecule has 2 heterocycles. The first-order valence-corrected chi connectivity index (χ1v) is 6.37. The molecule has 1 atom stereocenters. The van der Waals surface area contributed by atoms with Crippen LogP contribution in [-0.2, 0) is 0 Å². The van der Waals surface area contributed by atoms with Gasteiger partial charge in [-0.05, 0) is 38.9 Å². The highest BCUT2D eigenvalue weighted by Gasteiger charge is 2.12. The highest BCUT2D eigenvalue weighted by molar-refractivity contribution is 5.81. The van der Waals surface area contributed by atoms with Crippen molar-refractivity contribution in [3.05, 3.63) is 0 Å². The fourth-order valence-electron chi connectivity index (χ4n) is 2.26. The van der Waals surface area contributed by atoms with Gasteiger partial charge in [0.1, 0.15) is 0 Å². The molecular weight excluding hydrogens is 202 g/mol. The molecule has 92 valence electrons. The summed E-state index contributed by atoms with van der Waals surface area (Å²) < 4.78 is 0. The van der Waals surface area contributed by atoms with Crippen LogP contribution >= 0.6 is 0 Å². The van der Waals surface area contributed by atoms with Crippen LogP contribution in [0.15, 0.2) is 4.99 Å². The highest BCUT2D eigenvalue weighted by Crippen LogP contribution is 2.08. The zero-order chi connectivity index (χ0) is 11.2. The van der Waals surface area contributed by atoms with Crippen LogP contribution in [-0.4, -0.2) is 49.7 Å². The minimum atomic E-state index is 0.00425. The number of nitrogens with one attached hydrogen (secondary N) is 2. The average Bonchev–Trinajstić information content (AvgIpc) is 2.72. The molecule has 4 N–H and O–H groups in total. The summed E-state index contributed by atoms with van der Waals surface area (Å²) in [5.41, 5.74) is 5.67. The van der Waals surface area contributed by atoms with E-state index in [-0.39, 0.29) is 6.17 Å². The van der Waals surface area contributed by atoms with E-state index in [2.05, 4.69) is 20.5 Å². The standard InChI is InChI=1S/C11H23N5/c12-10-9-14-11(15-10)13-5-4-8-16-6-2-1-3-7-16/h10H,1-9,12H2,(H2,13,14,15). The first-order valence-electron chi connectivity index (χ1n) is 6.37. The number of nitrogens with two attached hydrogens (primary N) is 1. The fourth-order valence-corrected chi connectivity index (χ4v) is 2.26.